The van der Waals surface area contributed by atoms with E-state index in [0.29, 0.717) is 37.6 Å². The molecule has 0 saturated carbocycles. The Morgan fingerprint density at radius 1 is 0.651 bits per heavy atom. The smallest absolute Gasteiger partial charge is 0.123 e. The van der Waals surface area contributed by atoms with Crippen molar-refractivity contribution in [1.82, 2.24) is 0 Å². The molecule has 5 nitrogen and oxygen atoms in total. The van der Waals surface area contributed by atoms with E-state index >= 15 is 0 Å². The van der Waals surface area contributed by atoms with Crippen molar-refractivity contribution in [2.24, 2.45) is 0 Å². The standard InChI is InChI=1S/C18H19FO3.C18H19FO2/c19-15-7-9-16(21-12-13-4-2-1-3-5-13)14(10-15)6-8-17-18(11-20)22-17;19-17-10-11-18(16(13-17)9-5-2-6-12-20)21-14-15-7-3-1-4-8-15/h1-5,7,9-10,17-18,20H,6,8,11-12H2;1-4,6-8,10-11,13,20H,5,9,12,14H2/b;6-2+. The van der Waals surface area contributed by atoms with Crippen molar-refractivity contribution in [3.05, 3.63) is 143 Å². The molecule has 1 aliphatic rings. The summed E-state index contributed by atoms with van der Waals surface area (Å²) < 4.78 is 43.8. The summed E-state index contributed by atoms with van der Waals surface area (Å²) in [7, 11) is 0. The number of hydrogen-bond donors (Lipinski definition) is 2. The van der Waals surface area contributed by atoms with Crippen LogP contribution in [0.3, 0.4) is 0 Å². The molecule has 1 saturated heterocycles. The Morgan fingerprint density at radius 3 is 1.67 bits per heavy atom. The minimum atomic E-state index is -0.266. The van der Waals surface area contributed by atoms with Gasteiger partial charge in [0.1, 0.15) is 42.5 Å². The van der Waals surface area contributed by atoms with E-state index in [9.17, 15) is 8.78 Å². The molecule has 4 aromatic rings. The van der Waals surface area contributed by atoms with Gasteiger partial charge in [-0.3, -0.25) is 0 Å². The van der Waals surface area contributed by atoms with Crippen LogP contribution in [0.1, 0.15) is 35.1 Å². The molecule has 0 bridgehead atoms. The zero-order valence-corrected chi connectivity index (χ0v) is 24.1. The van der Waals surface area contributed by atoms with Crippen LogP contribution in [0.25, 0.3) is 0 Å². The fourth-order valence-electron chi connectivity index (χ4n) is 4.56. The summed E-state index contributed by atoms with van der Waals surface area (Å²) in [6.07, 6.45) is 6.44. The van der Waals surface area contributed by atoms with Gasteiger partial charge in [-0.25, -0.2) is 8.78 Å². The highest BCUT2D eigenvalue weighted by molar-refractivity contribution is 5.35. The van der Waals surface area contributed by atoms with Crippen LogP contribution in [0.5, 0.6) is 11.5 Å². The van der Waals surface area contributed by atoms with E-state index in [1.54, 1.807) is 18.2 Å². The summed E-state index contributed by atoms with van der Waals surface area (Å²) >= 11 is 0. The molecule has 43 heavy (non-hydrogen) atoms. The Hall–Kier alpha value is -4.04. The van der Waals surface area contributed by atoms with Gasteiger partial charge >= 0.3 is 0 Å². The molecule has 0 radical (unpaired) electrons. The molecular weight excluding hydrogens is 550 g/mol. The molecule has 0 spiro atoms. The van der Waals surface area contributed by atoms with Crippen molar-refractivity contribution in [3.63, 3.8) is 0 Å². The lowest BCUT2D eigenvalue weighted by atomic mass is 10.1. The SMILES string of the molecule is OC/C=C/CCc1cc(F)ccc1OCc1ccccc1.OCC1OC1CCc1cc(F)ccc1OCc1ccccc1. The average molecular weight is 589 g/mol. The van der Waals surface area contributed by atoms with Crippen molar-refractivity contribution in [2.75, 3.05) is 13.2 Å². The van der Waals surface area contributed by atoms with Crippen molar-refractivity contribution in [3.8, 4) is 11.5 Å². The first-order valence-corrected chi connectivity index (χ1v) is 14.5. The van der Waals surface area contributed by atoms with Gasteiger partial charge in [0, 0.05) is 0 Å². The monoisotopic (exact) mass is 588 g/mol. The number of aliphatic hydroxyl groups is 2. The zero-order valence-electron chi connectivity index (χ0n) is 24.1. The predicted molar refractivity (Wildman–Crippen MR) is 163 cm³/mol. The number of halogens is 2. The third-order valence-corrected chi connectivity index (χ3v) is 6.94. The maximum absolute atomic E-state index is 13.5. The molecule has 1 aliphatic heterocycles. The fraction of sp³-hybridized carbons (Fsp3) is 0.278. The number of allylic oxidation sites excluding steroid dienone is 1. The number of epoxide rings is 1. The van der Waals surface area contributed by atoms with Crippen LogP contribution in [0.2, 0.25) is 0 Å². The third-order valence-electron chi connectivity index (χ3n) is 6.94. The first kappa shape index (κ1) is 31.9. The third kappa shape index (κ3) is 10.9. The molecule has 0 aromatic heterocycles. The largest absolute Gasteiger partial charge is 0.489 e. The van der Waals surface area contributed by atoms with Crippen LogP contribution in [0.4, 0.5) is 8.78 Å². The number of hydrogen-bond acceptors (Lipinski definition) is 5. The molecule has 1 heterocycles. The van der Waals surface area contributed by atoms with E-state index in [2.05, 4.69) is 0 Å². The summed E-state index contributed by atoms with van der Waals surface area (Å²) in [4.78, 5) is 0. The van der Waals surface area contributed by atoms with Gasteiger partial charge in [0.2, 0.25) is 0 Å². The van der Waals surface area contributed by atoms with Gasteiger partial charge < -0.3 is 24.4 Å². The van der Waals surface area contributed by atoms with Gasteiger partial charge in [0.05, 0.1) is 19.3 Å². The molecule has 0 aliphatic carbocycles. The van der Waals surface area contributed by atoms with Crippen LogP contribution in [0, 0.1) is 11.6 Å². The Balaban J connectivity index is 0.000000197. The molecule has 4 aromatic carbocycles. The van der Waals surface area contributed by atoms with Crippen LogP contribution in [-0.4, -0.2) is 35.6 Å². The minimum Gasteiger partial charge on any atom is -0.489 e. The van der Waals surface area contributed by atoms with E-state index < -0.39 is 0 Å². The predicted octanol–water partition coefficient (Wildman–Crippen LogP) is 6.98. The van der Waals surface area contributed by atoms with E-state index in [-0.39, 0.29) is 37.1 Å². The van der Waals surface area contributed by atoms with E-state index in [1.807, 2.05) is 66.7 Å². The van der Waals surface area contributed by atoms with Gasteiger partial charge in [0.15, 0.2) is 0 Å². The second kappa shape index (κ2) is 17.2. The molecule has 2 N–H and O–H groups in total. The summed E-state index contributed by atoms with van der Waals surface area (Å²) in [6.45, 7) is 0.996. The highest BCUT2D eigenvalue weighted by Gasteiger charge is 2.37. The number of aliphatic hydroxyl groups excluding tert-OH is 2. The Morgan fingerprint density at radius 2 is 1.19 bits per heavy atom. The number of rotatable bonds is 14. The second-order valence-corrected chi connectivity index (χ2v) is 10.2. The van der Waals surface area contributed by atoms with Crippen molar-refractivity contribution in [1.29, 1.82) is 0 Å². The summed E-state index contributed by atoms with van der Waals surface area (Å²) in [6, 6.07) is 28.9. The number of ether oxygens (including phenoxy) is 3. The van der Waals surface area contributed by atoms with Gasteiger partial charge in [-0.2, -0.15) is 0 Å². The number of aryl methyl sites for hydroxylation is 2. The number of benzene rings is 4. The first-order valence-electron chi connectivity index (χ1n) is 14.5. The molecule has 1 fully saturated rings. The normalized spacial score (nSPS) is 15.5. The lowest BCUT2D eigenvalue weighted by Crippen LogP contribution is -2.03. The van der Waals surface area contributed by atoms with Gasteiger partial charge in [-0.15, -0.1) is 0 Å². The van der Waals surface area contributed by atoms with Gasteiger partial charge in [-0.1, -0.05) is 72.8 Å². The molecule has 7 heteroatoms. The van der Waals surface area contributed by atoms with Crippen molar-refractivity contribution >= 4 is 0 Å². The molecule has 0 amide bonds. The summed E-state index contributed by atoms with van der Waals surface area (Å²) in [5.74, 6) is 0.879. The van der Waals surface area contributed by atoms with Crippen LogP contribution in [0.15, 0.2) is 109 Å². The van der Waals surface area contributed by atoms with Crippen molar-refractivity contribution < 1.29 is 33.2 Å². The van der Waals surface area contributed by atoms with Crippen LogP contribution in [-0.2, 0) is 30.8 Å². The molecule has 226 valence electrons. The van der Waals surface area contributed by atoms with Crippen molar-refractivity contribution in [2.45, 2.75) is 51.1 Å². The molecule has 5 rings (SSSR count). The topological polar surface area (TPSA) is 71.5 Å². The Kier molecular flexibility index (Phi) is 12.7. The Bertz CT molecular complexity index is 1410. The first-order chi connectivity index (χ1) is 21.1. The van der Waals surface area contributed by atoms with E-state index in [4.69, 9.17) is 24.4 Å². The molecular formula is C36H38F2O5. The summed E-state index contributed by atoms with van der Waals surface area (Å²) in [5.41, 5.74) is 3.83. The quantitative estimate of drug-likeness (QED) is 0.123. The average Bonchev–Trinajstić information content (AvgIpc) is 3.81. The van der Waals surface area contributed by atoms with Gasteiger partial charge in [0.25, 0.3) is 0 Å². The maximum Gasteiger partial charge on any atom is 0.123 e. The molecule has 2 unspecified atom stereocenters. The lowest BCUT2D eigenvalue weighted by Gasteiger charge is -2.11. The lowest BCUT2D eigenvalue weighted by molar-refractivity contribution is 0.241. The summed E-state index contributed by atoms with van der Waals surface area (Å²) in [5, 5.41) is 17.7. The fourth-order valence-corrected chi connectivity index (χ4v) is 4.56. The van der Waals surface area contributed by atoms with E-state index in [1.165, 1.54) is 24.3 Å². The maximum atomic E-state index is 13.5. The Labute approximate surface area is 252 Å². The van der Waals surface area contributed by atoms with Gasteiger partial charge in [-0.05, 0) is 84.3 Å². The van der Waals surface area contributed by atoms with Crippen LogP contribution < -0.4 is 9.47 Å². The highest BCUT2D eigenvalue weighted by Crippen LogP contribution is 2.29. The zero-order chi connectivity index (χ0) is 30.3. The van der Waals surface area contributed by atoms with E-state index in [0.717, 1.165) is 35.1 Å². The van der Waals surface area contributed by atoms with Crippen LogP contribution >= 0.6 is 0 Å². The molecule has 2 atom stereocenters. The highest BCUT2D eigenvalue weighted by atomic mass is 19.1. The minimum absolute atomic E-state index is 0.0283. The second-order valence-electron chi connectivity index (χ2n) is 10.2.